The summed E-state index contributed by atoms with van der Waals surface area (Å²) >= 11 is 7.61. The van der Waals surface area contributed by atoms with Gasteiger partial charge in [0.05, 0.1) is 20.0 Å². The zero-order valence-electron chi connectivity index (χ0n) is 22.8. The summed E-state index contributed by atoms with van der Waals surface area (Å²) in [5, 5.41) is 8.79. The fraction of sp³-hybridized carbons (Fsp3) is 0.0938. The minimum atomic E-state index is -0.536. The van der Waals surface area contributed by atoms with E-state index in [1.54, 1.807) is 91.0 Å². The maximum absolute atomic E-state index is 13.4. The van der Waals surface area contributed by atoms with Crippen LogP contribution >= 0.6 is 23.4 Å². The molecule has 0 heterocycles. The molecule has 8 nitrogen and oxygen atoms in total. The fourth-order valence-corrected chi connectivity index (χ4v) is 4.72. The van der Waals surface area contributed by atoms with E-state index < -0.39 is 11.8 Å². The first-order valence-electron chi connectivity index (χ1n) is 12.7. The number of amides is 3. The topological polar surface area (TPSA) is 106 Å². The summed E-state index contributed by atoms with van der Waals surface area (Å²) in [6.07, 6.45) is 1.52. The summed E-state index contributed by atoms with van der Waals surface area (Å²) in [5.74, 6) is 0.0478. The highest BCUT2D eigenvalue weighted by Gasteiger charge is 2.16. The molecule has 0 unspecified atom stereocenters. The van der Waals surface area contributed by atoms with E-state index in [-0.39, 0.29) is 17.4 Å². The van der Waals surface area contributed by atoms with E-state index in [1.165, 1.54) is 32.1 Å². The Morgan fingerprint density at radius 3 is 2.17 bits per heavy atom. The zero-order valence-corrected chi connectivity index (χ0v) is 24.4. The van der Waals surface area contributed by atoms with Crippen LogP contribution in [0.15, 0.2) is 108 Å². The summed E-state index contributed by atoms with van der Waals surface area (Å²) in [5.41, 5.74) is 2.03. The maximum atomic E-state index is 13.4. The van der Waals surface area contributed by atoms with Crippen molar-refractivity contribution in [2.45, 2.75) is 4.90 Å². The molecule has 4 aromatic carbocycles. The Bertz CT molecular complexity index is 1590. The van der Waals surface area contributed by atoms with E-state index in [4.69, 9.17) is 21.1 Å². The van der Waals surface area contributed by atoms with E-state index in [9.17, 15) is 14.4 Å². The monoisotopic (exact) mass is 601 g/mol. The van der Waals surface area contributed by atoms with Gasteiger partial charge in [0.25, 0.3) is 11.8 Å². The number of hydrogen-bond donors (Lipinski definition) is 3. The number of thioether (sulfide) groups is 1. The molecule has 0 bridgehead atoms. The SMILES string of the molecule is COc1cc(NC(=O)CSc2cccc(NC(=O)/C(=C\c3ccccc3Cl)NC(=O)c3ccccc3)c2)cc(OC)c1. The lowest BCUT2D eigenvalue weighted by Crippen LogP contribution is -2.30. The molecule has 4 aromatic rings. The Morgan fingerprint density at radius 1 is 0.786 bits per heavy atom. The number of hydrogen-bond acceptors (Lipinski definition) is 6. The van der Waals surface area contributed by atoms with Crippen LogP contribution in [0.25, 0.3) is 6.08 Å². The number of anilines is 2. The number of nitrogens with one attached hydrogen (secondary N) is 3. The molecule has 0 saturated heterocycles. The van der Waals surface area contributed by atoms with Gasteiger partial charge in [-0.15, -0.1) is 11.8 Å². The van der Waals surface area contributed by atoms with Crippen LogP contribution in [-0.4, -0.2) is 37.7 Å². The molecule has 3 N–H and O–H groups in total. The summed E-state index contributed by atoms with van der Waals surface area (Å²) in [6, 6.07) is 27.8. The van der Waals surface area contributed by atoms with Crippen LogP contribution in [0.1, 0.15) is 15.9 Å². The van der Waals surface area contributed by atoms with Crippen LogP contribution in [-0.2, 0) is 9.59 Å². The molecule has 0 saturated carbocycles. The Labute approximate surface area is 253 Å². The number of ether oxygens (including phenoxy) is 2. The van der Waals surface area contributed by atoms with Crippen molar-refractivity contribution in [3.8, 4) is 11.5 Å². The van der Waals surface area contributed by atoms with Crippen molar-refractivity contribution in [2.24, 2.45) is 0 Å². The third-order valence-electron chi connectivity index (χ3n) is 5.83. The number of benzene rings is 4. The molecule has 0 aliphatic heterocycles. The second-order valence-corrected chi connectivity index (χ2v) is 10.3. The highest BCUT2D eigenvalue weighted by molar-refractivity contribution is 8.00. The molecule has 42 heavy (non-hydrogen) atoms. The quantitative estimate of drug-likeness (QED) is 0.134. The van der Waals surface area contributed by atoms with Gasteiger partial charge in [-0.05, 0) is 48.0 Å². The molecule has 214 valence electrons. The molecule has 0 radical (unpaired) electrons. The van der Waals surface area contributed by atoms with Gasteiger partial charge in [-0.25, -0.2) is 0 Å². The molecular weight excluding hydrogens is 574 g/mol. The third-order valence-corrected chi connectivity index (χ3v) is 7.17. The number of carbonyl (C=O) groups excluding carboxylic acids is 3. The Balaban J connectivity index is 1.44. The fourth-order valence-electron chi connectivity index (χ4n) is 3.78. The number of carbonyl (C=O) groups is 3. The molecule has 0 aliphatic carbocycles. The lowest BCUT2D eigenvalue weighted by molar-refractivity contribution is -0.114. The van der Waals surface area contributed by atoms with Crippen molar-refractivity contribution in [3.05, 3.63) is 119 Å². The summed E-state index contributed by atoms with van der Waals surface area (Å²) in [4.78, 5) is 39.6. The van der Waals surface area contributed by atoms with E-state index in [2.05, 4.69) is 16.0 Å². The van der Waals surface area contributed by atoms with E-state index in [0.717, 1.165) is 4.90 Å². The summed E-state index contributed by atoms with van der Waals surface area (Å²) in [6.45, 7) is 0. The normalized spacial score (nSPS) is 10.9. The lowest BCUT2D eigenvalue weighted by Gasteiger charge is -2.13. The highest BCUT2D eigenvalue weighted by Crippen LogP contribution is 2.27. The predicted molar refractivity (Wildman–Crippen MR) is 167 cm³/mol. The first-order chi connectivity index (χ1) is 20.3. The van der Waals surface area contributed by atoms with Gasteiger partial charge < -0.3 is 25.4 Å². The maximum Gasteiger partial charge on any atom is 0.272 e. The molecule has 0 spiro atoms. The van der Waals surface area contributed by atoms with Crippen molar-refractivity contribution < 1.29 is 23.9 Å². The Morgan fingerprint density at radius 2 is 1.48 bits per heavy atom. The van der Waals surface area contributed by atoms with Gasteiger partial charge in [-0.3, -0.25) is 14.4 Å². The highest BCUT2D eigenvalue weighted by atomic mass is 35.5. The van der Waals surface area contributed by atoms with Gasteiger partial charge in [0.2, 0.25) is 5.91 Å². The van der Waals surface area contributed by atoms with Crippen molar-refractivity contribution >= 4 is 58.5 Å². The van der Waals surface area contributed by atoms with E-state index in [0.29, 0.717) is 39.0 Å². The molecule has 3 amide bonds. The average molecular weight is 602 g/mol. The minimum Gasteiger partial charge on any atom is -0.497 e. The Hall–Kier alpha value is -4.73. The standard InChI is InChI=1S/C32H28ClN3O5S/c1-40-25-16-24(17-26(19-25)41-2)34-30(37)20-42-27-13-8-12-23(18-27)35-32(39)29(15-22-11-6-7-14-28(22)33)36-31(38)21-9-4-3-5-10-21/h3-19H,20H2,1-2H3,(H,34,37)(H,35,39)(H,36,38)/b29-15+. The van der Waals surface area contributed by atoms with Crippen molar-refractivity contribution in [2.75, 3.05) is 30.6 Å². The largest absolute Gasteiger partial charge is 0.497 e. The predicted octanol–water partition coefficient (Wildman–Crippen LogP) is 6.50. The van der Waals surface area contributed by atoms with Crippen molar-refractivity contribution in [1.29, 1.82) is 0 Å². The van der Waals surface area contributed by atoms with Crippen LogP contribution in [0, 0.1) is 0 Å². The second-order valence-electron chi connectivity index (χ2n) is 8.82. The lowest BCUT2D eigenvalue weighted by atomic mass is 10.1. The zero-order chi connectivity index (χ0) is 29.9. The van der Waals surface area contributed by atoms with Crippen molar-refractivity contribution in [1.82, 2.24) is 5.32 Å². The number of rotatable bonds is 11. The number of halogens is 1. The molecule has 0 aliphatic rings. The van der Waals surface area contributed by atoms with Gasteiger partial charge in [-0.1, -0.05) is 54.1 Å². The Kier molecular flexibility index (Phi) is 10.6. The molecule has 0 atom stereocenters. The molecule has 4 rings (SSSR count). The first kappa shape index (κ1) is 30.2. The number of methoxy groups -OCH3 is 2. The van der Waals surface area contributed by atoms with E-state index >= 15 is 0 Å². The second kappa shape index (κ2) is 14.8. The van der Waals surface area contributed by atoms with Crippen LogP contribution in [0.5, 0.6) is 11.5 Å². The molecule has 0 fully saturated rings. The summed E-state index contributed by atoms with van der Waals surface area (Å²) < 4.78 is 10.5. The van der Waals surface area contributed by atoms with E-state index in [1.807, 2.05) is 6.07 Å². The van der Waals surface area contributed by atoms with Gasteiger partial charge in [0, 0.05) is 45.1 Å². The van der Waals surface area contributed by atoms with Gasteiger partial charge >= 0.3 is 0 Å². The van der Waals surface area contributed by atoms with Gasteiger partial charge in [0.15, 0.2) is 0 Å². The van der Waals surface area contributed by atoms with Gasteiger partial charge in [0.1, 0.15) is 17.2 Å². The first-order valence-corrected chi connectivity index (χ1v) is 14.1. The van der Waals surface area contributed by atoms with Crippen LogP contribution in [0.3, 0.4) is 0 Å². The van der Waals surface area contributed by atoms with Crippen LogP contribution < -0.4 is 25.4 Å². The molecule has 0 aromatic heterocycles. The summed E-state index contributed by atoms with van der Waals surface area (Å²) in [7, 11) is 3.07. The third kappa shape index (κ3) is 8.63. The smallest absolute Gasteiger partial charge is 0.272 e. The molecular formula is C32H28ClN3O5S. The van der Waals surface area contributed by atoms with Crippen LogP contribution in [0.2, 0.25) is 5.02 Å². The van der Waals surface area contributed by atoms with Crippen LogP contribution in [0.4, 0.5) is 11.4 Å². The minimum absolute atomic E-state index is 0.0168. The average Bonchev–Trinajstić information content (AvgIpc) is 3.01. The van der Waals surface area contributed by atoms with Gasteiger partial charge in [-0.2, -0.15) is 0 Å². The molecule has 10 heteroatoms. The van der Waals surface area contributed by atoms with Crippen molar-refractivity contribution in [3.63, 3.8) is 0 Å².